The van der Waals surface area contributed by atoms with Gasteiger partial charge in [-0.15, -0.1) is 0 Å². The normalized spacial score (nSPS) is 15.8. The fraction of sp³-hybridized carbons (Fsp3) is 0.412. The summed E-state index contributed by atoms with van der Waals surface area (Å²) in [5.74, 6) is 2.03. The number of hydrogen-bond acceptors (Lipinski definition) is 4. The minimum absolute atomic E-state index is 0.427. The molecule has 0 radical (unpaired) electrons. The number of anilines is 1. The van der Waals surface area contributed by atoms with Crippen LogP contribution in [-0.2, 0) is 13.0 Å². The second-order valence-corrected chi connectivity index (χ2v) is 6.14. The van der Waals surface area contributed by atoms with Gasteiger partial charge in [-0.3, -0.25) is 0 Å². The van der Waals surface area contributed by atoms with Crippen LogP contribution in [0.1, 0.15) is 18.6 Å². The van der Waals surface area contributed by atoms with E-state index in [1.807, 2.05) is 31.2 Å². The van der Waals surface area contributed by atoms with Gasteiger partial charge in [0.1, 0.15) is 12.3 Å². The lowest BCUT2D eigenvalue weighted by Crippen LogP contribution is -2.51. The maximum absolute atomic E-state index is 6.12. The number of nitrogens with two attached hydrogens (primary N) is 1. The summed E-state index contributed by atoms with van der Waals surface area (Å²) >= 11 is 5.94. The minimum atomic E-state index is 0.427. The molecule has 1 aromatic carbocycles. The van der Waals surface area contributed by atoms with Crippen LogP contribution >= 0.6 is 11.6 Å². The number of aliphatic imine (C=N–C) groups is 1. The van der Waals surface area contributed by atoms with Gasteiger partial charge in [0.2, 0.25) is 0 Å². The second kappa shape index (κ2) is 7.57. The molecule has 1 aliphatic heterocycles. The van der Waals surface area contributed by atoms with E-state index in [0.717, 1.165) is 49.3 Å². The van der Waals surface area contributed by atoms with Gasteiger partial charge in [0.25, 0.3) is 0 Å². The summed E-state index contributed by atoms with van der Waals surface area (Å²) in [5.41, 5.74) is 7.30. The summed E-state index contributed by atoms with van der Waals surface area (Å²) < 4.78 is 5.54. The van der Waals surface area contributed by atoms with Crippen LogP contribution in [0.3, 0.4) is 0 Å². The molecule has 1 saturated heterocycles. The van der Waals surface area contributed by atoms with Gasteiger partial charge in [-0.05, 0) is 24.3 Å². The number of oxazole rings is 1. The van der Waals surface area contributed by atoms with E-state index in [0.29, 0.717) is 12.5 Å². The molecule has 1 aromatic heterocycles. The second-order valence-electron chi connectivity index (χ2n) is 5.70. The fourth-order valence-corrected chi connectivity index (χ4v) is 2.82. The Hall–Kier alpha value is -2.21. The highest BCUT2D eigenvalue weighted by Gasteiger charge is 2.18. The summed E-state index contributed by atoms with van der Waals surface area (Å²) in [5, 5.41) is 0.757. The van der Waals surface area contributed by atoms with Crippen LogP contribution in [0.4, 0.5) is 5.69 Å². The summed E-state index contributed by atoms with van der Waals surface area (Å²) in [7, 11) is 0. The van der Waals surface area contributed by atoms with Gasteiger partial charge in [0.05, 0.1) is 6.20 Å². The van der Waals surface area contributed by atoms with Gasteiger partial charge in [-0.25, -0.2) is 9.98 Å². The molecule has 3 rings (SSSR count). The summed E-state index contributed by atoms with van der Waals surface area (Å²) in [6, 6.07) is 7.93. The van der Waals surface area contributed by atoms with Crippen LogP contribution in [0.2, 0.25) is 5.02 Å². The van der Waals surface area contributed by atoms with E-state index in [1.165, 1.54) is 5.69 Å². The molecule has 2 heterocycles. The Labute approximate surface area is 146 Å². The van der Waals surface area contributed by atoms with E-state index in [-0.39, 0.29) is 0 Å². The molecule has 1 aliphatic rings. The van der Waals surface area contributed by atoms with Gasteiger partial charge < -0.3 is 20.0 Å². The lowest BCUT2D eigenvalue weighted by atomic mass is 10.2. The third-order valence-corrected chi connectivity index (χ3v) is 4.35. The molecule has 1 fully saturated rings. The number of aryl methyl sites for hydroxylation is 1. The molecule has 0 aliphatic carbocycles. The van der Waals surface area contributed by atoms with Crippen molar-refractivity contribution in [2.75, 3.05) is 31.1 Å². The average Bonchev–Trinajstić information content (AvgIpc) is 3.09. The van der Waals surface area contributed by atoms with Gasteiger partial charge in [-0.1, -0.05) is 18.5 Å². The van der Waals surface area contributed by atoms with E-state index >= 15 is 0 Å². The first-order valence-corrected chi connectivity index (χ1v) is 8.52. The number of benzene rings is 1. The lowest BCUT2D eigenvalue weighted by Gasteiger charge is -2.36. The van der Waals surface area contributed by atoms with Crippen molar-refractivity contribution in [1.29, 1.82) is 0 Å². The van der Waals surface area contributed by atoms with Crippen molar-refractivity contribution in [2.45, 2.75) is 19.9 Å². The number of hydrogen-bond donors (Lipinski definition) is 1. The number of halogens is 1. The number of piperazine rings is 1. The molecule has 0 atom stereocenters. The Morgan fingerprint density at radius 1 is 1.25 bits per heavy atom. The lowest BCUT2D eigenvalue weighted by molar-refractivity contribution is 0.379. The maximum Gasteiger partial charge on any atom is 0.194 e. The van der Waals surface area contributed by atoms with Crippen molar-refractivity contribution in [2.24, 2.45) is 10.7 Å². The third kappa shape index (κ3) is 4.00. The smallest absolute Gasteiger partial charge is 0.194 e. The van der Waals surface area contributed by atoms with E-state index < -0.39 is 0 Å². The predicted molar refractivity (Wildman–Crippen MR) is 96.4 cm³/mol. The standard InChI is InChI=1S/C17H22ClN5O/c1-2-16-20-11-15(24-16)12-21-17(19)23-9-7-22(8-10-23)14-5-3-13(18)4-6-14/h3-6,11H,2,7-10,12H2,1H3,(H2,19,21). The highest BCUT2D eigenvalue weighted by molar-refractivity contribution is 6.30. The van der Waals surface area contributed by atoms with Crippen LogP contribution in [-0.4, -0.2) is 42.0 Å². The Morgan fingerprint density at radius 3 is 2.58 bits per heavy atom. The van der Waals surface area contributed by atoms with Crippen LogP contribution in [0.15, 0.2) is 39.9 Å². The molecule has 24 heavy (non-hydrogen) atoms. The molecule has 2 N–H and O–H groups in total. The Bertz CT molecular complexity index is 689. The Morgan fingerprint density at radius 2 is 1.96 bits per heavy atom. The monoisotopic (exact) mass is 347 g/mol. The fourth-order valence-electron chi connectivity index (χ4n) is 2.69. The topological polar surface area (TPSA) is 70.9 Å². The van der Waals surface area contributed by atoms with Gasteiger partial charge >= 0.3 is 0 Å². The third-order valence-electron chi connectivity index (χ3n) is 4.10. The first kappa shape index (κ1) is 16.6. The molecule has 0 saturated carbocycles. The number of nitrogens with zero attached hydrogens (tertiary/aromatic N) is 4. The van der Waals surface area contributed by atoms with Crippen molar-refractivity contribution >= 4 is 23.2 Å². The molecule has 7 heteroatoms. The van der Waals surface area contributed by atoms with Gasteiger partial charge in [0.15, 0.2) is 11.9 Å². The molecular weight excluding hydrogens is 326 g/mol. The zero-order valence-electron chi connectivity index (χ0n) is 13.8. The minimum Gasteiger partial charge on any atom is -0.444 e. The molecule has 0 amide bonds. The van der Waals surface area contributed by atoms with Gasteiger partial charge in [-0.2, -0.15) is 0 Å². The van der Waals surface area contributed by atoms with Crippen LogP contribution in [0, 0.1) is 0 Å². The van der Waals surface area contributed by atoms with Crippen molar-refractivity contribution in [3.05, 3.63) is 47.1 Å². The highest BCUT2D eigenvalue weighted by Crippen LogP contribution is 2.19. The first-order valence-electron chi connectivity index (χ1n) is 8.14. The zero-order valence-corrected chi connectivity index (χ0v) is 14.5. The molecular formula is C17H22ClN5O. The Kier molecular flexibility index (Phi) is 5.25. The quantitative estimate of drug-likeness (QED) is 0.679. The average molecular weight is 348 g/mol. The number of aromatic nitrogens is 1. The summed E-state index contributed by atoms with van der Waals surface area (Å²) in [6.07, 6.45) is 2.50. The largest absolute Gasteiger partial charge is 0.444 e. The van der Waals surface area contributed by atoms with E-state index in [1.54, 1.807) is 6.20 Å². The van der Waals surface area contributed by atoms with Crippen LogP contribution < -0.4 is 10.6 Å². The van der Waals surface area contributed by atoms with E-state index in [4.69, 9.17) is 21.8 Å². The van der Waals surface area contributed by atoms with Crippen molar-refractivity contribution in [3.63, 3.8) is 0 Å². The molecule has 0 unspecified atom stereocenters. The predicted octanol–water partition coefficient (Wildman–Crippen LogP) is 2.53. The van der Waals surface area contributed by atoms with Crippen molar-refractivity contribution < 1.29 is 4.42 Å². The van der Waals surface area contributed by atoms with Gasteiger partial charge in [0, 0.05) is 43.3 Å². The SMILES string of the molecule is CCc1ncc(CN=C(N)N2CCN(c3ccc(Cl)cc3)CC2)o1. The number of rotatable bonds is 4. The van der Waals surface area contributed by atoms with Crippen LogP contribution in [0.25, 0.3) is 0 Å². The molecule has 0 spiro atoms. The summed E-state index contributed by atoms with van der Waals surface area (Å²) in [4.78, 5) is 13.0. The molecule has 128 valence electrons. The Balaban J connectivity index is 1.53. The first-order chi connectivity index (χ1) is 11.7. The number of guanidine groups is 1. The summed E-state index contributed by atoms with van der Waals surface area (Å²) in [6.45, 7) is 5.92. The molecule has 2 aromatic rings. The molecule has 0 bridgehead atoms. The molecule has 6 nitrogen and oxygen atoms in total. The maximum atomic E-state index is 6.12. The van der Waals surface area contributed by atoms with Crippen molar-refractivity contribution in [1.82, 2.24) is 9.88 Å². The van der Waals surface area contributed by atoms with E-state index in [9.17, 15) is 0 Å². The van der Waals surface area contributed by atoms with Crippen LogP contribution in [0.5, 0.6) is 0 Å². The zero-order chi connectivity index (χ0) is 16.9. The van der Waals surface area contributed by atoms with E-state index in [2.05, 4.69) is 19.8 Å². The van der Waals surface area contributed by atoms with Crippen molar-refractivity contribution in [3.8, 4) is 0 Å². The highest BCUT2D eigenvalue weighted by atomic mass is 35.5.